The first-order valence-electron chi connectivity index (χ1n) is 6.91. The van der Waals surface area contributed by atoms with Gasteiger partial charge in [-0.15, -0.1) is 0 Å². The predicted molar refractivity (Wildman–Crippen MR) is 70.5 cm³/mol. The van der Waals surface area contributed by atoms with E-state index in [0.29, 0.717) is 5.92 Å². The van der Waals surface area contributed by atoms with E-state index in [1.165, 1.54) is 0 Å². The fourth-order valence-electron chi connectivity index (χ4n) is 3.18. The maximum Gasteiger partial charge on any atom is 0.389 e. The van der Waals surface area contributed by atoms with Gasteiger partial charge < -0.3 is 4.90 Å². The summed E-state index contributed by atoms with van der Waals surface area (Å²) in [6.07, 6.45) is -0.989. The van der Waals surface area contributed by atoms with Gasteiger partial charge in [-0.05, 0) is 52.1 Å². The zero-order valence-corrected chi connectivity index (χ0v) is 12.1. The van der Waals surface area contributed by atoms with Crippen molar-refractivity contribution < 1.29 is 13.2 Å². The summed E-state index contributed by atoms with van der Waals surface area (Å²) >= 11 is 0. The van der Waals surface area contributed by atoms with Crippen LogP contribution in [0.2, 0.25) is 0 Å². The summed E-state index contributed by atoms with van der Waals surface area (Å²) in [6.45, 7) is 2.19. The van der Waals surface area contributed by atoms with Gasteiger partial charge in [-0.25, -0.2) is 0 Å². The predicted octanol–water partition coefficient (Wildman–Crippen LogP) is 2.67. The molecule has 6 heteroatoms. The first-order chi connectivity index (χ1) is 8.71. The highest BCUT2D eigenvalue weighted by Crippen LogP contribution is 2.39. The van der Waals surface area contributed by atoms with Crippen molar-refractivity contribution in [3.63, 3.8) is 0 Å². The quantitative estimate of drug-likeness (QED) is 0.601. The minimum absolute atomic E-state index is 0.0343. The Balaban J connectivity index is 2.77. The number of hydrazine groups is 1. The minimum atomic E-state index is -4.12. The molecule has 1 atom stereocenters. The SMILES string of the molecule is CC1CCC(C(CCC(F)(F)F)NN)(N(C)C)CC1. The van der Waals surface area contributed by atoms with Crippen LogP contribution >= 0.6 is 0 Å². The third-order valence-electron chi connectivity index (χ3n) is 4.60. The summed E-state index contributed by atoms with van der Waals surface area (Å²) < 4.78 is 37.3. The van der Waals surface area contributed by atoms with Crippen LogP contribution in [-0.2, 0) is 0 Å². The van der Waals surface area contributed by atoms with Crippen molar-refractivity contribution >= 4 is 0 Å². The van der Waals surface area contributed by atoms with Gasteiger partial charge in [0.2, 0.25) is 0 Å². The van der Waals surface area contributed by atoms with Crippen LogP contribution in [0.1, 0.15) is 45.4 Å². The molecule has 0 aromatic heterocycles. The Hall–Kier alpha value is -0.330. The highest BCUT2D eigenvalue weighted by Gasteiger charge is 2.43. The van der Waals surface area contributed by atoms with Crippen molar-refractivity contribution in [1.82, 2.24) is 10.3 Å². The fourth-order valence-corrected chi connectivity index (χ4v) is 3.18. The van der Waals surface area contributed by atoms with Gasteiger partial charge in [0.15, 0.2) is 0 Å². The zero-order chi connectivity index (χ0) is 14.7. The van der Waals surface area contributed by atoms with Gasteiger partial charge in [0.25, 0.3) is 0 Å². The molecule has 0 saturated heterocycles. The van der Waals surface area contributed by atoms with Crippen LogP contribution in [0.4, 0.5) is 13.2 Å². The lowest BCUT2D eigenvalue weighted by atomic mass is 9.71. The molecule has 3 N–H and O–H groups in total. The zero-order valence-electron chi connectivity index (χ0n) is 12.1. The van der Waals surface area contributed by atoms with Crippen LogP contribution in [-0.4, -0.2) is 36.8 Å². The Labute approximate surface area is 113 Å². The average molecular weight is 281 g/mol. The molecule has 1 aliphatic rings. The maximum atomic E-state index is 12.4. The summed E-state index contributed by atoms with van der Waals surface area (Å²) in [5, 5.41) is 0. The third-order valence-corrected chi connectivity index (χ3v) is 4.60. The normalized spacial score (nSPS) is 30.6. The van der Waals surface area contributed by atoms with Crippen molar-refractivity contribution in [2.75, 3.05) is 14.1 Å². The molecule has 1 unspecified atom stereocenters. The van der Waals surface area contributed by atoms with Crippen molar-refractivity contribution in [1.29, 1.82) is 0 Å². The number of nitrogens with one attached hydrogen (secondary N) is 1. The molecular formula is C13H26F3N3. The lowest BCUT2D eigenvalue weighted by Gasteiger charge is -2.49. The number of halogens is 3. The van der Waals surface area contributed by atoms with Crippen LogP contribution in [0.15, 0.2) is 0 Å². The van der Waals surface area contributed by atoms with E-state index in [-0.39, 0.29) is 18.0 Å². The molecule has 1 fully saturated rings. The number of likely N-dealkylation sites (N-methyl/N-ethyl adjacent to an activating group) is 1. The first-order valence-corrected chi connectivity index (χ1v) is 6.91. The molecule has 0 bridgehead atoms. The van der Waals surface area contributed by atoms with Gasteiger partial charge in [-0.3, -0.25) is 11.3 Å². The lowest BCUT2D eigenvalue weighted by Crippen LogP contribution is -2.62. The van der Waals surface area contributed by atoms with E-state index in [4.69, 9.17) is 5.84 Å². The van der Waals surface area contributed by atoms with Crippen molar-refractivity contribution in [3.05, 3.63) is 0 Å². The van der Waals surface area contributed by atoms with Crippen LogP contribution < -0.4 is 11.3 Å². The van der Waals surface area contributed by atoms with Gasteiger partial charge in [0.05, 0.1) is 0 Å². The van der Waals surface area contributed by atoms with Crippen LogP contribution in [0.5, 0.6) is 0 Å². The monoisotopic (exact) mass is 281 g/mol. The highest BCUT2D eigenvalue weighted by molar-refractivity contribution is 5.00. The molecule has 1 saturated carbocycles. The number of nitrogens with two attached hydrogens (primary N) is 1. The Morgan fingerprint density at radius 2 is 1.84 bits per heavy atom. The molecule has 0 amide bonds. The van der Waals surface area contributed by atoms with Crippen LogP contribution in [0, 0.1) is 5.92 Å². The molecule has 0 heterocycles. The molecule has 0 aromatic carbocycles. The number of nitrogens with zero attached hydrogens (tertiary/aromatic N) is 1. The molecule has 0 radical (unpaired) electrons. The lowest BCUT2D eigenvalue weighted by molar-refractivity contribution is -0.139. The largest absolute Gasteiger partial charge is 0.389 e. The van der Waals surface area contributed by atoms with E-state index in [0.717, 1.165) is 25.7 Å². The van der Waals surface area contributed by atoms with Crippen molar-refractivity contribution in [2.24, 2.45) is 11.8 Å². The highest BCUT2D eigenvalue weighted by atomic mass is 19.4. The summed E-state index contributed by atoms with van der Waals surface area (Å²) in [5.74, 6) is 6.19. The second-order valence-corrected chi connectivity index (χ2v) is 6.05. The number of rotatable bonds is 5. The van der Waals surface area contributed by atoms with Gasteiger partial charge in [-0.2, -0.15) is 13.2 Å². The standard InChI is InChI=1S/C13H26F3N3/c1-10-4-7-12(8-5-10,19(2)3)11(18-17)6-9-13(14,15)16/h10-11,18H,4-9,17H2,1-3H3. The van der Waals surface area contributed by atoms with Crippen LogP contribution in [0.3, 0.4) is 0 Å². The summed E-state index contributed by atoms with van der Waals surface area (Å²) in [7, 11) is 3.88. The fraction of sp³-hybridized carbons (Fsp3) is 1.00. The molecule has 0 aromatic rings. The Bertz CT molecular complexity index is 271. The van der Waals surface area contributed by atoms with Crippen molar-refractivity contribution in [3.8, 4) is 0 Å². The van der Waals surface area contributed by atoms with E-state index in [1.807, 2.05) is 14.1 Å². The van der Waals surface area contributed by atoms with Crippen molar-refractivity contribution in [2.45, 2.75) is 63.2 Å². The average Bonchev–Trinajstić information content (AvgIpc) is 2.30. The Morgan fingerprint density at radius 3 is 2.21 bits per heavy atom. The molecule has 19 heavy (non-hydrogen) atoms. The third kappa shape index (κ3) is 4.33. The smallest absolute Gasteiger partial charge is 0.302 e. The number of alkyl halides is 3. The van der Waals surface area contributed by atoms with E-state index < -0.39 is 12.6 Å². The molecule has 3 nitrogen and oxygen atoms in total. The maximum absolute atomic E-state index is 12.4. The van der Waals surface area contributed by atoms with Gasteiger partial charge in [0, 0.05) is 18.0 Å². The van der Waals surface area contributed by atoms with E-state index in [9.17, 15) is 13.2 Å². The van der Waals surface area contributed by atoms with Gasteiger partial charge >= 0.3 is 6.18 Å². The van der Waals surface area contributed by atoms with E-state index >= 15 is 0 Å². The molecule has 0 aliphatic heterocycles. The van der Waals surface area contributed by atoms with E-state index in [1.54, 1.807) is 0 Å². The van der Waals surface area contributed by atoms with Gasteiger partial charge in [-0.1, -0.05) is 6.92 Å². The molecule has 114 valence electrons. The second-order valence-electron chi connectivity index (χ2n) is 6.05. The number of hydrogen-bond acceptors (Lipinski definition) is 3. The second kappa shape index (κ2) is 6.41. The molecule has 1 rings (SSSR count). The van der Waals surface area contributed by atoms with Gasteiger partial charge in [0.1, 0.15) is 0 Å². The minimum Gasteiger partial charge on any atom is -0.302 e. The summed E-state index contributed by atoms with van der Waals surface area (Å²) in [5.41, 5.74) is 2.38. The molecule has 0 spiro atoms. The first kappa shape index (κ1) is 16.7. The summed E-state index contributed by atoms with van der Waals surface area (Å²) in [4.78, 5) is 2.06. The van der Waals surface area contributed by atoms with Crippen LogP contribution in [0.25, 0.3) is 0 Å². The summed E-state index contributed by atoms with van der Waals surface area (Å²) in [6, 6.07) is -0.323. The Morgan fingerprint density at radius 1 is 1.32 bits per heavy atom. The topological polar surface area (TPSA) is 41.3 Å². The number of hydrogen-bond donors (Lipinski definition) is 2. The Kier molecular flexibility index (Phi) is 5.65. The van der Waals surface area contributed by atoms with E-state index in [2.05, 4.69) is 17.2 Å². The molecule has 1 aliphatic carbocycles. The molecular weight excluding hydrogens is 255 g/mol.